The van der Waals surface area contributed by atoms with E-state index < -0.39 is 0 Å². The van der Waals surface area contributed by atoms with Crippen molar-refractivity contribution in [3.8, 4) is 0 Å². The van der Waals surface area contributed by atoms with Crippen molar-refractivity contribution in [1.82, 2.24) is 4.90 Å². The van der Waals surface area contributed by atoms with Gasteiger partial charge in [-0.3, -0.25) is 4.79 Å². The van der Waals surface area contributed by atoms with Gasteiger partial charge in [-0.25, -0.2) is 0 Å². The maximum Gasteiger partial charge on any atom is 0.225 e. The molecule has 2 atom stereocenters. The van der Waals surface area contributed by atoms with Gasteiger partial charge in [-0.15, -0.1) is 0 Å². The van der Waals surface area contributed by atoms with Gasteiger partial charge in [-0.1, -0.05) is 13.8 Å². The summed E-state index contributed by atoms with van der Waals surface area (Å²) in [5.41, 5.74) is 0. The fraction of sp³-hybridized carbons (Fsp3) is 0.889. The average Bonchev–Trinajstić information content (AvgIpc) is 2.17. The molecule has 1 saturated heterocycles. The highest BCUT2D eigenvalue weighted by atomic mass is 16.2. The van der Waals surface area contributed by atoms with Crippen LogP contribution in [0.25, 0.3) is 0 Å². The van der Waals surface area contributed by atoms with Gasteiger partial charge in [0, 0.05) is 18.5 Å². The first-order valence-electron chi connectivity index (χ1n) is 4.34. The van der Waals surface area contributed by atoms with Gasteiger partial charge in [0.25, 0.3) is 0 Å². The van der Waals surface area contributed by atoms with E-state index in [9.17, 15) is 4.79 Å². The summed E-state index contributed by atoms with van der Waals surface area (Å²) in [6.45, 7) is 9.25. The lowest BCUT2D eigenvalue weighted by molar-refractivity contribution is -0.132. The third-order valence-electron chi connectivity index (χ3n) is 2.63. The van der Waals surface area contributed by atoms with E-state index >= 15 is 0 Å². The average molecular weight is 155 g/mol. The van der Waals surface area contributed by atoms with Gasteiger partial charge in [0.05, 0.1) is 0 Å². The molecule has 0 aromatic carbocycles. The Labute approximate surface area is 68.6 Å². The third kappa shape index (κ3) is 1.39. The van der Waals surface area contributed by atoms with Crippen LogP contribution in [-0.2, 0) is 4.79 Å². The van der Waals surface area contributed by atoms with E-state index in [4.69, 9.17) is 0 Å². The molecule has 1 aliphatic heterocycles. The minimum atomic E-state index is 0.234. The molecule has 2 heteroatoms. The van der Waals surface area contributed by atoms with Crippen molar-refractivity contribution in [3.63, 3.8) is 0 Å². The van der Waals surface area contributed by atoms with E-state index in [2.05, 4.69) is 20.8 Å². The molecule has 1 aliphatic rings. The second-order valence-corrected chi connectivity index (χ2v) is 3.85. The largest absolute Gasteiger partial charge is 0.340 e. The van der Waals surface area contributed by atoms with E-state index in [1.807, 2.05) is 11.8 Å². The number of hydrogen-bond donors (Lipinski definition) is 0. The molecule has 64 valence electrons. The van der Waals surface area contributed by atoms with Crippen LogP contribution in [0, 0.1) is 11.8 Å². The minimum Gasteiger partial charge on any atom is -0.340 e. The maximum absolute atomic E-state index is 11.5. The van der Waals surface area contributed by atoms with Crippen molar-refractivity contribution in [3.05, 3.63) is 0 Å². The van der Waals surface area contributed by atoms with Crippen LogP contribution in [0.15, 0.2) is 0 Å². The first kappa shape index (κ1) is 8.57. The lowest BCUT2D eigenvalue weighted by Gasteiger charge is -2.20. The number of carbonyl (C=O) groups excluding carboxylic acids is 1. The summed E-state index contributed by atoms with van der Waals surface area (Å²) >= 11 is 0. The van der Waals surface area contributed by atoms with Crippen LogP contribution in [0.1, 0.15) is 27.7 Å². The smallest absolute Gasteiger partial charge is 0.225 e. The molecule has 0 spiro atoms. The number of nitrogens with zero attached hydrogens (tertiary/aromatic N) is 1. The lowest BCUT2D eigenvalue weighted by atomic mass is 10.0. The van der Waals surface area contributed by atoms with Crippen LogP contribution < -0.4 is 0 Å². The summed E-state index contributed by atoms with van der Waals surface area (Å²) in [5.74, 6) is 1.09. The number of amides is 1. The van der Waals surface area contributed by atoms with Gasteiger partial charge < -0.3 is 4.90 Å². The summed E-state index contributed by atoms with van der Waals surface area (Å²) in [5, 5.41) is 0. The SMILES string of the molecule is CC1CN(C(C)C)C(=O)C1C. The third-order valence-corrected chi connectivity index (χ3v) is 2.63. The van der Waals surface area contributed by atoms with E-state index in [-0.39, 0.29) is 5.92 Å². The topological polar surface area (TPSA) is 20.3 Å². The van der Waals surface area contributed by atoms with Crippen LogP contribution in [-0.4, -0.2) is 23.4 Å². The normalized spacial score (nSPS) is 32.1. The molecule has 2 unspecified atom stereocenters. The Morgan fingerprint density at radius 3 is 2.18 bits per heavy atom. The first-order chi connectivity index (χ1) is 5.04. The summed E-state index contributed by atoms with van der Waals surface area (Å²) in [6, 6.07) is 0.370. The zero-order chi connectivity index (χ0) is 8.59. The van der Waals surface area contributed by atoms with Gasteiger partial charge in [0.2, 0.25) is 5.91 Å². The van der Waals surface area contributed by atoms with Gasteiger partial charge >= 0.3 is 0 Å². The van der Waals surface area contributed by atoms with Gasteiger partial charge in [0.1, 0.15) is 0 Å². The van der Waals surface area contributed by atoms with Crippen LogP contribution in [0.3, 0.4) is 0 Å². The second kappa shape index (κ2) is 2.84. The molecule has 0 aromatic heterocycles. The second-order valence-electron chi connectivity index (χ2n) is 3.85. The molecular weight excluding hydrogens is 138 g/mol. The zero-order valence-corrected chi connectivity index (χ0v) is 7.79. The summed E-state index contributed by atoms with van der Waals surface area (Å²) in [7, 11) is 0. The van der Waals surface area contributed by atoms with Crippen LogP contribution in [0.5, 0.6) is 0 Å². The molecule has 0 aromatic rings. The van der Waals surface area contributed by atoms with Crippen LogP contribution >= 0.6 is 0 Å². The monoisotopic (exact) mass is 155 g/mol. The fourth-order valence-corrected chi connectivity index (χ4v) is 1.53. The zero-order valence-electron chi connectivity index (χ0n) is 7.79. The quantitative estimate of drug-likeness (QED) is 0.562. The van der Waals surface area contributed by atoms with E-state index in [0.717, 1.165) is 6.54 Å². The van der Waals surface area contributed by atoms with Crippen LogP contribution in [0.2, 0.25) is 0 Å². The Balaban J connectivity index is 2.67. The van der Waals surface area contributed by atoms with Crippen molar-refractivity contribution in [2.75, 3.05) is 6.54 Å². The Bertz CT molecular complexity index is 165. The number of hydrogen-bond acceptors (Lipinski definition) is 1. The van der Waals surface area contributed by atoms with Gasteiger partial charge in [-0.05, 0) is 19.8 Å². The molecule has 0 saturated carbocycles. The summed E-state index contributed by atoms with van der Waals surface area (Å²) in [6.07, 6.45) is 0. The molecule has 11 heavy (non-hydrogen) atoms. The Kier molecular flexibility index (Phi) is 2.21. The predicted octanol–water partition coefficient (Wildman–Crippen LogP) is 1.51. The number of rotatable bonds is 1. The highest BCUT2D eigenvalue weighted by Gasteiger charge is 2.35. The molecular formula is C9H17NO. The van der Waals surface area contributed by atoms with E-state index in [0.29, 0.717) is 17.9 Å². The Morgan fingerprint density at radius 2 is 2.00 bits per heavy atom. The van der Waals surface area contributed by atoms with Crippen molar-refractivity contribution in [2.24, 2.45) is 11.8 Å². The molecule has 2 nitrogen and oxygen atoms in total. The van der Waals surface area contributed by atoms with Gasteiger partial charge in [0.15, 0.2) is 0 Å². The maximum atomic E-state index is 11.5. The first-order valence-corrected chi connectivity index (χ1v) is 4.34. The highest BCUT2D eigenvalue weighted by molar-refractivity contribution is 5.81. The molecule has 1 rings (SSSR count). The number of likely N-dealkylation sites (tertiary alicyclic amines) is 1. The predicted molar refractivity (Wildman–Crippen MR) is 45.2 cm³/mol. The standard InChI is InChI=1S/C9H17NO/c1-6(2)10-5-7(3)8(4)9(10)11/h6-8H,5H2,1-4H3. The molecule has 0 N–H and O–H groups in total. The van der Waals surface area contributed by atoms with E-state index in [1.54, 1.807) is 0 Å². The molecule has 1 fully saturated rings. The molecule has 0 radical (unpaired) electrons. The molecule has 0 bridgehead atoms. The van der Waals surface area contributed by atoms with Crippen molar-refractivity contribution in [2.45, 2.75) is 33.7 Å². The Hall–Kier alpha value is -0.530. The summed E-state index contributed by atoms with van der Waals surface area (Å²) in [4.78, 5) is 13.5. The van der Waals surface area contributed by atoms with Crippen molar-refractivity contribution < 1.29 is 4.79 Å². The molecule has 1 heterocycles. The number of carbonyl (C=O) groups is 1. The lowest BCUT2D eigenvalue weighted by Crippen LogP contribution is -2.33. The van der Waals surface area contributed by atoms with Gasteiger partial charge in [-0.2, -0.15) is 0 Å². The minimum absolute atomic E-state index is 0.234. The fourth-order valence-electron chi connectivity index (χ4n) is 1.53. The summed E-state index contributed by atoms with van der Waals surface area (Å²) < 4.78 is 0. The van der Waals surface area contributed by atoms with E-state index in [1.165, 1.54) is 0 Å². The highest BCUT2D eigenvalue weighted by Crippen LogP contribution is 2.24. The Morgan fingerprint density at radius 1 is 1.45 bits per heavy atom. The van der Waals surface area contributed by atoms with Crippen molar-refractivity contribution in [1.29, 1.82) is 0 Å². The van der Waals surface area contributed by atoms with Crippen LogP contribution in [0.4, 0.5) is 0 Å². The van der Waals surface area contributed by atoms with Crippen molar-refractivity contribution >= 4 is 5.91 Å². The molecule has 0 aliphatic carbocycles. The molecule has 1 amide bonds.